The van der Waals surface area contributed by atoms with E-state index in [0.29, 0.717) is 24.6 Å². The lowest BCUT2D eigenvalue weighted by atomic mass is 10.2. The molecule has 0 spiro atoms. The van der Waals surface area contributed by atoms with Gasteiger partial charge in [0.2, 0.25) is 0 Å². The van der Waals surface area contributed by atoms with Gasteiger partial charge < -0.3 is 24.3 Å². The molecule has 3 rings (SSSR count). The summed E-state index contributed by atoms with van der Waals surface area (Å²) in [7, 11) is 3.26. The van der Waals surface area contributed by atoms with Gasteiger partial charge in [-0.3, -0.25) is 0 Å². The summed E-state index contributed by atoms with van der Waals surface area (Å²) in [6.45, 7) is 5.15. The lowest BCUT2D eigenvalue weighted by Gasteiger charge is -2.11. The van der Waals surface area contributed by atoms with Crippen LogP contribution < -0.4 is 15.2 Å². The Balaban J connectivity index is 2.15. The number of hydrogen-bond donors (Lipinski definition) is 1. The Bertz CT molecular complexity index is 863. The molecule has 7 nitrogen and oxygen atoms in total. The van der Waals surface area contributed by atoms with Gasteiger partial charge in [-0.1, -0.05) is 5.16 Å². The molecule has 25 heavy (non-hydrogen) atoms. The van der Waals surface area contributed by atoms with Crippen LogP contribution in [0.5, 0.6) is 11.5 Å². The molecule has 0 aliphatic rings. The third kappa shape index (κ3) is 3.19. The Morgan fingerprint density at radius 2 is 1.88 bits per heavy atom. The zero-order valence-electron chi connectivity index (χ0n) is 15.1. The molecule has 0 bridgehead atoms. The highest BCUT2D eigenvalue weighted by atomic mass is 16.5. The zero-order chi connectivity index (χ0) is 18.0. The first-order chi connectivity index (χ1) is 12.1. The number of methoxy groups -OCH3 is 2. The first-order valence-corrected chi connectivity index (χ1v) is 8.32. The number of hydrogen-bond acceptors (Lipinski definition) is 6. The Kier molecular flexibility index (Phi) is 4.94. The summed E-state index contributed by atoms with van der Waals surface area (Å²) in [6, 6.07) is 3.87. The van der Waals surface area contributed by atoms with E-state index in [1.165, 1.54) is 0 Å². The molecular weight excluding hydrogens is 320 g/mol. The van der Waals surface area contributed by atoms with Gasteiger partial charge in [0.05, 0.1) is 37.5 Å². The second kappa shape index (κ2) is 7.14. The van der Waals surface area contributed by atoms with Gasteiger partial charge in [0.15, 0.2) is 11.5 Å². The standard InChI is InChI=1S/C18H24N4O3/c1-11-13(12(2)25-21-11)10-22-15-9-17(24-4)16(23-3)8-14(15)20-18(22)6-5-7-19/h8-9H,5-7,10,19H2,1-4H3. The molecule has 7 heteroatoms. The van der Waals surface area contributed by atoms with Crippen molar-refractivity contribution in [3.8, 4) is 11.5 Å². The maximum absolute atomic E-state index is 5.69. The number of aryl methyl sites for hydroxylation is 3. The number of nitrogens with two attached hydrogens (primary N) is 1. The number of aromatic nitrogens is 3. The fraction of sp³-hybridized carbons (Fsp3) is 0.444. The van der Waals surface area contributed by atoms with E-state index in [1.54, 1.807) is 14.2 Å². The molecule has 2 N–H and O–H groups in total. The SMILES string of the molecule is COc1cc2nc(CCCN)n(Cc3c(C)noc3C)c2cc1OC. The van der Waals surface area contributed by atoms with Gasteiger partial charge in [0.1, 0.15) is 11.6 Å². The Hall–Kier alpha value is -2.54. The van der Waals surface area contributed by atoms with Crippen LogP contribution in [0.3, 0.4) is 0 Å². The lowest BCUT2D eigenvalue weighted by Crippen LogP contribution is -2.09. The van der Waals surface area contributed by atoms with Crippen molar-refractivity contribution in [1.82, 2.24) is 14.7 Å². The second-order valence-corrected chi connectivity index (χ2v) is 6.01. The molecule has 3 aromatic rings. The molecule has 0 radical (unpaired) electrons. The number of benzene rings is 1. The molecule has 0 atom stereocenters. The van der Waals surface area contributed by atoms with Gasteiger partial charge in [-0.15, -0.1) is 0 Å². The maximum atomic E-state index is 5.69. The van der Waals surface area contributed by atoms with E-state index >= 15 is 0 Å². The Morgan fingerprint density at radius 1 is 1.16 bits per heavy atom. The number of rotatable bonds is 7. The van der Waals surface area contributed by atoms with Crippen LogP contribution in [0.15, 0.2) is 16.7 Å². The van der Waals surface area contributed by atoms with E-state index in [9.17, 15) is 0 Å². The molecule has 134 valence electrons. The largest absolute Gasteiger partial charge is 0.493 e. The first kappa shape index (κ1) is 17.3. The quantitative estimate of drug-likeness (QED) is 0.709. The molecule has 2 heterocycles. The fourth-order valence-electron chi connectivity index (χ4n) is 3.01. The Morgan fingerprint density at radius 3 is 2.48 bits per heavy atom. The average Bonchev–Trinajstić information content (AvgIpc) is 3.12. The predicted octanol–water partition coefficient (Wildman–Crippen LogP) is 2.60. The third-order valence-corrected chi connectivity index (χ3v) is 4.43. The van der Waals surface area contributed by atoms with Crippen molar-refractivity contribution in [2.24, 2.45) is 5.73 Å². The molecule has 0 fully saturated rings. The minimum Gasteiger partial charge on any atom is -0.493 e. The summed E-state index contributed by atoms with van der Waals surface area (Å²) >= 11 is 0. The van der Waals surface area contributed by atoms with Crippen molar-refractivity contribution < 1.29 is 14.0 Å². The van der Waals surface area contributed by atoms with Gasteiger partial charge in [-0.25, -0.2) is 4.98 Å². The molecule has 0 aliphatic heterocycles. The van der Waals surface area contributed by atoms with Crippen LogP contribution in [0, 0.1) is 13.8 Å². The molecule has 0 saturated heterocycles. The molecule has 0 unspecified atom stereocenters. The monoisotopic (exact) mass is 344 g/mol. The number of ether oxygens (including phenoxy) is 2. The average molecular weight is 344 g/mol. The minimum atomic E-state index is 0.626. The highest BCUT2D eigenvalue weighted by Gasteiger charge is 2.18. The van der Waals surface area contributed by atoms with E-state index in [0.717, 1.165) is 46.7 Å². The topological polar surface area (TPSA) is 88.3 Å². The summed E-state index contributed by atoms with van der Waals surface area (Å²) in [6.07, 6.45) is 1.68. The van der Waals surface area contributed by atoms with E-state index in [4.69, 9.17) is 24.7 Å². The smallest absolute Gasteiger partial charge is 0.163 e. The van der Waals surface area contributed by atoms with Crippen LogP contribution >= 0.6 is 0 Å². The third-order valence-electron chi connectivity index (χ3n) is 4.43. The lowest BCUT2D eigenvalue weighted by molar-refractivity contribution is 0.355. The van der Waals surface area contributed by atoms with E-state index in [-0.39, 0.29) is 0 Å². The normalized spacial score (nSPS) is 11.2. The zero-order valence-corrected chi connectivity index (χ0v) is 15.1. The van der Waals surface area contributed by atoms with Crippen LogP contribution in [0.1, 0.15) is 29.3 Å². The first-order valence-electron chi connectivity index (χ1n) is 8.32. The molecule has 0 aliphatic carbocycles. The van der Waals surface area contributed by atoms with Gasteiger partial charge in [-0.2, -0.15) is 0 Å². The fourth-order valence-corrected chi connectivity index (χ4v) is 3.01. The summed E-state index contributed by atoms with van der Waals surface area (Å²) in [5.74, 6) is 3.16. The number of nitrogens with zero attached hydrogens (tertiary/aromatic N) is 3. The van der Waals surface area contributed by atoms with Crippen LogP contribution in [0.25, 0.3) is 11.0 Å². The maximum Gasteiger partial charge on any atom is 0.163 e. The van der Waals surface area contributed by atoms with Crippen LogP contribution in [0.4, 0.5) is 0 Å². The van der Waals surface area contributed by atoms with E-state index in [1.807, 2.05) is 26.0 Å². The number of imidazole rings is 1. The van der Waals surface area contributed by atoms with Gasteiger partial charge in [0, 0.05) is 24.1 Å². The highest BCUT2D eigenvalue weighted by molar-refractivity contribution is 5.81. The highest BCUT2D eigenvalue weighted by Crippen LogP contribution is 2.33. The number of fused-ring (bicyclic) bond motifs is 1. The minimum absolute atomic E-state index is 0.626. The van der Waals surface area contributed by atoms with Crippen LogP contribution in [0.2, 0.25) is 0 Å². The molecule has 0 amide bonds. The van der Waals surface area contributed by atoms with Crippen LogP contribution in [-0.4, -0.2) is 35.5 Å². The van der Waals surface area contributed by atoms with Crippen molar-refractivity contribution >= 4 is 11.0 Å². The second-order valence-electron chi connectivity index (χ2n) is 6.01. The van der Waals surface area contributed by atoms with Crippen molar-refractivity contribution in [2.45, 2.75) is 33.2 Å². The van der Waals surface area contributed by atoms with Gasteiger partial charge >= 0.3 is 0 Å². The summed E-state index contributed by atoms with van der Waals surface area (Å²) in [4.78, 5) is 4.79. The predicted molar refractivity (Wildman–Crippen MR) is 95.3 cm³/mol. The summed E-state index contributed by atoms with van der Waals surface area (Å²) < 4.78 is 18.3. The van der Waals surface area contributed by atoms with Gasteiger partial charge in [-0.05, 0) is 26.8 Å². The van der Waals surface area contributed by atoms with E-state index < -0.39 is 0 Å². The van der Waals surface area contributed by atoms with Crippen LogP contribution in [-0.2, 0) is 13.0 Å². The molecule has 1 aromatic carbocycles. The van der Waals surface area contributed by atoms with Crippen molar-refractivity contribution in [1.29, 1.82) is 0 Å². The molecule has 2 aromatic heterocycles. The molecular formula is C18H24N4O3. The summed E-state index contributed by atoms with van der Waals surface area (Å²) in [5.41, 5.74) is 9.52. The molecule has 0 saturated carbocycles. The van der Waals surface area contributed by atoms with Crippen molar-refractivity contribution in [2.75, 3.05) is 20.8 Å². The van der Waals surface area contributed by atoms with Gasteiger partial charge in [0.25, 0.3) is 0 Å². The Labute approximate surface area is 146 Å². The summed E-state index contributed by atoms with van der Waals surface area (Å²) in [5, 5.41) is 4.06. The van der Waals surface area contributed by atoms with E-state index in [2.05, 4.69) is 9.72 Å². The van der Waals surface area contributed by atoms with Crippen molar-refractivity contribution in [3.05, 3.63) is 35.0 Å². The van der Waals surface area contributed by atoms with Crippen molar-refractivity contribution in [3.63, 3.8) is 0 Å².